The largest absolute Gasteiger partial charge is 0.364 e. The number of piperidine rings is 2. The van der Waals surface area contributed by atoms with Gasteiger partial charge in [0.15, 0.2) is 0 Å². The zero-order valence-corrected chi connectivity index (χ0v) is 27.0. The Balaban J connectivity index is 1.10. The molecule has 6 rings (SSSR count). The normalized spacial score (nSPS) is 20.9. The minimum atomic E-state index is -0.355. The Morgan fingerprint density at radius 3 is 2.13 bits per heavy atom. The molecule has 4 heterocycles. The van der Waals surface area contributed by atoms with Crippen LogP contribution in [0, 0.1) is 13.8 Å². The number of hydrogen-bond acceptors (Lipinski definition) is 7. The molecule has 3 aliphatic heterocycles. The van der Waals surface area contributed by atoms with Gasteiger partial charge in [-0.15, -0.1) is 0 Å². The first-order valence-electron chi connectivity index (χ1n) is 16.5. The molecule has 0 saturated carbocycles. The summed E-state index contributed by atoms with van der Waals surface area (Å²) in [6.45, 7) is 12.0. The second-order valence-electron chi connectivity index (χ2n) is 13.4. The number of nitrogens with zero attached hydrogens (tertiary/aromatic N) is 6. The van der Waals surface area contributed by atoms with Gasteiger partial charge in [0.25, 0.3) is 5.91 Å². The highest BCUT2D eigenvalue weighted by molar-refractivity contribution is 5.96. The number of carbonyl (C=O) groups excluding carboxylic acids is 2. The van der Waals surface area contributed by atoms with Gasteiger partial charge in [-0.05, 0) is 76.1 Å². The highest BCUT2D eigenvalue weighted by Gasteiger charge is 2.40. The van der Waals surface area contributed by atoms with Gasteiger partial charge in [0.05, 0.1) is 23.0 Å². The Bertz CT molecular complexity index is 1460. The van der Waals surface area contributed by atoms with Crippen molar-refractivity contribution >= 4 is 17.5 Å². The SMILES string of the molecule is Cc1ncnc(C)c1C(=O)N1CCC(C)(N2CCC(N(Cc3ccccc3)c3ccc(CN4CC[C@H](N)C4=O)cc3)CC2)CC1. The molecule has 3 saturated heterocycles. The van der Waals surface area contributed by atoms with Crippen LogP contribution in [0.15, 0.2) is 60.9 Å². The van der Waals surface area contributed by atoms with Crippen LogP contribution in [0.5, 0.6) is 0 Å². The van der Waals surface area contributed by atoms with Gasteiger partial charge >= 0.3 is 0 Å². The number of rotatable bonds is 8. The van der Waals surface area contributed by atoms with Crippen molar-refractivity contribution in [2.45, 2.75) is 83.6 Å². The standard InChI is InChI=1S/C36H47N7O2/c1-26-33(27(2)39-25-38-26)35(45)40-21-16-36(3,17-22-40)42-19-13-31(14-20-42)43(24-28-7-5-4-6-8-28)30-11-9-29(10-12-30)23-41-18-15-32(37)34(41)44/h4-12,25,31-32H,13-24,37H2,1-3H3/t32-/m0/s1. The number of aromatic nitrogens is 2. The van der Waals surface area contributed by atoms with Crippen LogP contribution >= 0.6 is 0 Å². The van der Waals surface area contributed by atoms with E-state index in [9.17, 15) is 9.59 Å². The molecule has 2 aromatic carbocycles. The van der Waals surface area contributed by atoms with E-state index in [1.807, 2.05) is 23.6 Å². The monoisotopic (exact) mass is 609 g/mol. The molecule has 0 aliphatic carbocycles. The van der Waals surface area contributed by atoms with Gasteiger partial charge < -0.3 is 20.4 Å². The summed E-state index contributed by atoms with van der Waals surface area (Å²) in [6.07, 6.45) is 6.38. The number of anilines is 1. The van der Waals surface area contributed by atoms with Gasteiger partial charge in [0, 0.05) is 63.1 Å². The summed E-state index contributed by atoms with van der Waals surface area (Å²) in [5.74, 6) is 0.114. The molecule has 0 unspecified atom stereocenters. The molecule has 9 nitrogen and oxygen atoms in total. The lowest BCUT2D eigenvalue weighted by molar-refractivity contribution is -0.129. The quantitative estimate of drug-likeness (QED) is 0.406. The minimum absolute atomic E-state index is 0.0542. The number of likely N-dealkylation sites (tertiary alicyclic amines) is 3. The van der Waals surface area contributed by atoms with Crippen LogP contribution in [0.25, 0.3) is 0 Å². The number of aryl methyl sites for hydroxylation is 2. The Hall–Kier alpha value is -3.82. The summed E-state index contributed by atoms with van der Waals surface area (Å²) in [4.78, 5) is 43.4. The maximum Gasteiger partial charge on any atom is 0.257 e. The predicted molar refractivity (Wildman–Crippen MR) is 177 cm³/mol. The van der Waals surface area contributed by atoms with Crippen LogP contribution in [0.2, 0.25) is 0 Å². The minimum Gasteiger partial charge on any atom is -0.364 e. The van der Waals surface area contributed by atoms with Crippen LogP contribution in [-0.4, -0.2) is 86.8 Å². The number of carbonyl (C=O) groups is 2. The molecular weight excluding hydrogens is 562 g/mol. The molecule has 3 fully saturated rings. The lowest BCUT2D eigenvalue weighted by Gasteiger charge is -2.50. The molecule has 2 N–H and O–H groups in total. The number of amides is 2. The third-order valence-corrected chi connectivity index (χ3v) is 10.4. The Morgan fingerprint density at radius 2 is 1.53 bits per heavy atom. The smallest absolute Gasteiger partial charge is 0.257 e. The first kappa shape index (κ1) is 31.2. The maximum absolute atomic E-state index is 13.4. The highest BCUT2D eigenvalue weighted by atomic mass is 16.2. The lowest BCUT2D eigenvalue weighted by atomic mass is 9.85. The van der Waals surface area contributed by atoms with Crippen LogP contribution < -0.4 is 10.6 Å². The van der Waals surface area contributed by atoms with E-state index < -0.39 is 0 Å². The average Bonchev–Trinajstić information content (AvgIpc) is 3.37. The fourth-order valence-corrected chi connectivity index (χ4v) is 7.43. The van der Waals surface area contributed by atoms with E-state index in [4.69, 9.17) is 5.73 Å². The first-order chi connectivity index (χ1) is 21.7. The fourth-order valence-electron chi connectivity index (χ4n) is 7.43. The highest BCUT2D eigenvalue weighted by Crippen LogP contribution is 2.34. The second kappa shape index (κ2) is 13.3. The topological polar surface area (TPSA) is 98.9 Å². The number of benzene rings is 2. The average molecular weight is 610 g/mol. The maximum atomic E-state index is 13.4. The Labute approximate surface area is 267 Å². The molecule has 0 radical (unpaired) electrons. The summed E-state index contributed by atoms with van der Waals surface area (Å²) < 4.78 is 0. The van der Waals surface area contributed by atoms with Gasteiger partial charge in [0.2, 0.25) is 5.91 Å². The van der Waals surface area contributed by atoms with Crippen LogP contribution in [-0.2, 0) is 17.9 Å². The van der Waals surface area contributed by atoms with Crippen LogP contribution in [0.1, 0.15) is 71.9 Å². The van der Waals surface area contributed by atoms with Gasteiger partial charge in [-0.25, -0.2) is 9.97 Å². The van der Waals surface area contributed by atoms with E-state index in [0.29, 0.717) is 18.2 Å². The van der Waals surface area contributed by atoms with Crippen molar-refractivity contribution in [3.8, 4) is 0 Å². The zero-order valence-electron chi connectivity index (χ0n) is 27.0. The summed E-state index contributed by atoms with van der Waals surface area (Å²) >= 11 is 0. The molecule has 1 atom stereocenters. The first-order valence-corrected chi connectivity index (χ1v) is 16.5. The predicted octanol–water partition coefficient (Wildman–Crippen LogP) is 4.32. The van der Waals surface area contributed by atoms with E-state index in [1.165, 1.54) is 17.6 Å². The van der Waals surface area contributed by atoms with E-state index in [1.54, 1.807) is 0 Å². The molecule has 0 spiro atoms. The van der Waals surface area contributed by atoms with Gasteiger partial charge in [-0.1, -0.05) is 42.5 Å². The van der Waals surface area contributed by atoms with Gasteiger partial charge in [0.1, 0.15) is 6.33 Å². The van der Waals surface area contributed by atoms with E-state index in [2.05, 4.69) is 81.3 Å². The van der Waals surface area contributed by atoms with Crippen molar-refractivity contribution in [3.63, 3.8) is 0 Å². The summed E-state index contributed by atoms with van der Waals surface area (Å²) in [7, 11) is 0. The second-order valence-corrected chi connectivity index (χ2v) is 13.4. The number of hydrogen-bond donors (Lipinski definition) is 1. The molecule has 2 amide bonds. The van der Waals surface area contributed by atoms with E-state index in [-0.39, 0.29) is 23.4 Å². The van der Waals surface area contributed by atoms with Gasteiger partial charge in [-0.2, -0.15) is 0 Å². The molecule has 9 heteroatoms. The van der Waals surface area contributed by atoms with Crippen LogP contribution in [0.3, 0.4) is 0 Å². The summed E-state index contributed by atoms with van der Waals surface area (Å²) in [5, 5.41) is 0. The summed E-state index contributed by atoms with van der Waals surface area (Å²) in [6, 6.07) is 19.6. The molecule has 3 aromatic rings. The van der Waals surface area contributed by atoms with Crippen molar-refractivity contribution < 1.29 is 9.59 Å². The molecule has 238 valence electrons. The van der Waals surface area contributed by atoms with E-state index >= 15 is 0 Å². The van der Waals surface area contributed by atoms with E-state index in [0.717, 1.165) is 88.3 Å². The number of nitrogens with two attached hydrogens (primary N) is 1. The van der Waals surface area contributed by atoms with Crippen molar-refractivity contribution in [2.24, 2.45) is 5.73 Å². The third-order valence-electron chi connectivity index (χ3n) is 10.4. The molecular formula is C36H47N7O2. The third kappa shape index (κ3) is 6.75. The Morgan fingerprint density at radius 1 is 0.889 bits per heavy atom. The molecule has 45 heavy (non-hydrogen) atoms. The Kier molecular flexibility index (Phi) is 9.19. The molecule has 3 aliphatic rings. The van der Waals surface area contributed by atoms with Gasteiger partial charge in [-0.3, -0.25) is 14.5 Å². The van der Waals surface area contributed by atoms with Crippen molar-refractivity contribution in [2.75, 3.05) is 37.6 Å². The van der Waals surface area contributed by atoms with Crippen molar-refractivity contribution in [3.05, 3.63) is 89.0 Å². The fraction of sp³-hybridized carbons (Fsp3) is 0.500. The van der Waals surface area contributed by atoms with Crippen LogP contribution in [0.4, 0.5) is 5.69 Å². The van der Waals surface area contributed by atoms with Crippen molar-refractivity contribution in [1.29, 1.82) is 0 Å². The summed E-state index contributed by atoms with van der Waals surface area (Å²) in [5.41, 5.74) is 11.8. The van der Waals surface area contributed by atoms with Crippen molar-refractivity contribution in [1.82, 2.24) is 24.7 Å². The zero-order chi connectivity index (χ0) is 31.6. The lowest BCUT2D eigenvalue weighted by Crippen LogP contribution is -2.58. The molecule has 1 aromatic heterocycles. The molecule has 0 bridgehead atoms.